The lowest BCUT2D eigenvalue weighted by Gasteiger charge is -2.13. The first-order valence-corrected chi connectivity index (χ1v) is 5.05. The van der Waals surface area contributed by atoms with Crippen molar-refractivity contribution in [2.24, 2.45) is 7.05 Å². The highest BCUT2D eigenvalue weighted by molar-refractivity contribution is 5.96. The fourth-order valence-corrected chi connectivity index (χ4v) is 1.46. The molecule has 7 heteroatoms. The zero-order valence-electron chi connectivity index (χ0n) is 9.92. The van der Waals surface area contributed by atoms with Crippen molar-refractivity contribution in [3.63, 3.8) is 0 Å². The minimum atomic E-state index is -3.31. The van der Waals surface area contributed by atoms with Gasteiger partial charge in [0.1, 0.15) is 6.61 Å². The second-order valence-corrected chi connectivity index (χ2v) is 3.87. The number of carbonyl (C=O) groups is 1. The van der Waals surface area contributed by atoms with Crippen molar-refractivity contribution in [2.45, 2.75) is 19.8 Å². The van der Waals surface area contributed by atoms with Crippen molar-refractivity contribution < 1.29 is 18.7 Å². The van der Waals surface area contributed by atoms with Crippen molar-refractivity contribution in [3.05, 3.63) is 17.0 Å². The van der Waals surface area contributed by atoms with Gasteiger partial charge in [0, 0.05) is 12.7 Å². The van der Waals surface area contributed by atoms with Gasteiger partial charge in [-0.25, -0.2) is 8.78 Å². The Morgan fingerprint density at radius 2 is 2.12 bits per heavy atom. The topological polar surface area (TPSA) is 67.2 Å². The van der Waals surface area contributed by atoms with Crippen molar-refractivity contribution >= 4 is 5.91 Å². The van der Waals surface area contributed by atoms with Crippen LogP contribution in [-0.2, 0) is 7.05 Å². The van der Waals surface area contributed by atoms with E-state index in [1.54, 1.807) is 20.9 Å². The van der Waals surface area contributed by atoms with Gasteiger partial charge in [0.2, 0.25) is 0 Å². The van der Waals surface area contributed by atoms with E-state index in [9.17, 15) is 13.6 Å². The smallest absolute Gasteiger partial charge is 0.287 e. The van der Waals surface area contributed by atoms with Gasteiger partial charge in [-0.2, -0.15) is 5.10 Å². The Morgan fingerprint density at radius 1 is 1.53 bits per heavy atom. The molecule has 0 atom stereocenters. The average Bonchev–Trinajstić information content (AvgIpc) is 2.50. The number of halogens is 2. The van der Waals surface area contributed by atoms with E-state index in [2.05, 4.69) is 10.4 Å². The van der Waals surface area contributed by atoms with Crippen LogP contribution in [-0.4, -0.2) is 39.9 Å². The zero-order valence-corrected chi connectivity index (χ0v) is 9.92. The molecule has 0 aliphatic rings. The number of hydrogen-bond donors (Lipinski definition) is 2. The van der Waals surface area contributed by atoms with Crippen LogP contribution >= 0.6 is 0 Å². The summed E-state index contributed by atoms with van der Waals surface area (Å²) in [6, 6.07) is 0. The molecule has 2 N–H and O–H groups in total. The summed E-state index contributed by atoms with van der Waals surface area (Å²) >= 11 is 0. The molecule has 1 rings (SSSR count). The number of aliphatic hydroxyl groups excluding tert-OH is 1. The number of alkyl halides is 2. The SMILES string of the molecule is Cc1nn(C)c(C)c1C(=O)NCC(F)(F)CO. The van der Waals surface area contributed by atoms with Crippen LogP contribution in [0.3, 0.4) is 0 Å². The standard InChI is InChI=1S/C10H15F2N3O2/c1-6-8(7(2)15(3)14-6)9(17)13-4-10(11,12)5-16/h16H,4-5H2,1-3H3,(H,13,17). The first-order chi connectivity index (χ1) is 7.78. The summed E-state index contributed by atoms with van der Waals surface area (Å²) in [5.41, 5.74) is 1.38. The van der Waals surface area contributed by atoms with Gasteiger partial charge in [0.05, 0.1) is 17.8 Å². The van der Waals surface area contributed by atoms with Gasteiger partial charge in [-0.05, 0) is 13.8 Å². The summed E-state index contributed by atoms with van der Waals surface area (Å²) in [4.78, 5) is 11.7. The number of aryl methyl sites for hydroxylation is 2. The number of nitrogens with one attached hydrogen (secondary N) is 1. The summed E-state index contributed by atoms with van der Waals surface area (Å²) in [5.74, 6) is -3.92. The van der Waals surface area contributed by atoms with Crippen LogP contribution in [0.15, 0.2) is 0 Å². The zero-order chi connectivity index (χ0) is 13.2. The maximum atomic E-state index is 12.7. The van der Waals surface area contributed by atoms with E-state index in [-0.39, 0.29) is 0 Å². The van der Waals surface area contributed by atoms with E-state index in [1.165, 1.54) is 4.68 Å². The summed E-state index contributed by atoms with van der Waals surface area (Å²) in [6.07, 6.45) is 0. The number of nitrogens with zero attached hydrogens (tertiary/aromatic N) is 2. The van der Waals surface area contributed by atoms with Crippen LogP contribution in [0.5, 0.6) is 0 Å². The number of aromatic nitrogens is 2. The van der Waals surface area contributed by atoms with Crippen molar-refractivity contribution in [1.29, 1.82) is 0 Å². The lowest BCUT2D eigenvalue weighted by molar-refractivity contribution is -0.0462. The third-order valence-corrected chi connectivity index (χ3v) is 2.47. The molecule has 0 fully saturated rings. The third-order valence-electron chi connectivity index (χ3n) is 2.47. The van der Waals surface area contributed by atoms with E-state index in [0.717, 1.165) is 0 Å². The van der Waals surface area contributed by atoms with Crippen molar-refractivity contribution in [1.82, 2.24) is 15.1 Å². The third kappa shape index (κ3) is 3.00. The minimum absolute atomic E-state index is 0.293. The molecule has 0 unspecified atom stereocenters. The van der Waals surface area contributed by atoms with Crippen molar-refractivity contribution in [3.8, 4) is 0 Å². The van der Waals surface area contributed by atoms with Crippen LogP contribution < -0.4 is 5.32 Å². The second kappa shape index (κ2) is 4.79. The van der Waals surface area contributed by atoms with Crippen LogP contribution in [0.2, 0.25) is 0 Å². The Kier molecular flexibility index (Phi) is 3.82. The Hall–Kier alpha value is -1.50. The maximum Gasteiger partial charge on any atom is 0.287 e. The largest absolute Gasteiger partial charge is 0.390 e. The molecule has 0 bridgehead atoms. The molecule has 0 spiro atoms. The van der Waals surface area contributed by atoms with Gasteiger partial charge >= 0.3 is 0 Å². The fraction of sp³-hybridized carbons (Fsp3) is 0.600. The molecule has 5 nitrogen and oxygen atoms in total. The first-order valence-electron chi connectivity index (χ1n) is 5.05. The number of aliphatic hydroxyl groups is 1. The number of hydrogen-bond acceptors (Lipinski definition) is 3. The lowest BCUT2D eigenvalue weighted by Crippen LogP contribution is -2.39. The van der Waals surface area contributed by atoms with Crippen LogP contribution in [0.25, 0.3) is 0 Å². The lowest BCUT2D eigenvalue weighted by atomic mass is 10.2. The monoisotopic (exact) mass is 247 g/mol. The van der Waals surface area contributed by atoms with E-state index in [0.29, 0.717) is 17.0 Å². The van der Waals surface area contributed by atoms with E-state index >= 15 is 0 Å². The number of rotatable bonds is 4. The van der Waals surface area contributed by atoms with Gasteiger partial charge in [-0.3, -0.25) is 9.48 Å². The number of carbonyl (C=O) groups excluding carboxylic acids is 1. The highest BCUT2D eigenvalue weighted by Gasteiger charge is 2.29. The molecule has 1 aromatic rings. The molecule has 17 heavy (non-hydrogen) atoms. The maximum absolute atomic E-state index is 12.7. The molecule has 1 heterocycles. The Labute approximate surface area is 97.4 Å². The quantitative estimate of drug-likeness (QED) is 0.809. The summed E-state index contributed by atoms with van der Waals surface area (Å²) in [6.45, 7) is 1.12. The molecule has 0 aliphatic heterocycles. The van der Waals surface area contributed by atoms with Crippen LogP contribution in [0, 0.1) is 13.8 Å². The molecule has 0 saturated heterocycles. The molecule has 0 radical (unpaired) electrons. The van der Waals surface area contributed by atoms with Gasteiger partial charge in [0.25, 0.3) is 11.8 Å². The molecular formula is C10H15F2N3O2. The number of amides is 1. The molecule has 96 valence electrons. The van der Waals surface area contributed by atoms with E-state index in [4.69, 9.17) is 5.11 Å². The van der Waals surface area contributed by atoms with Gasteiger partial charge < -0.3 is 10.4 Å². The summed E-state index contributed by atoms with van der Waals surface area (Å²) < 4.78 is 27.0. The predicted molar refractivity (Wildman–Crippen MR) is 57.0 cm³/mol. The first kappa shape index (κ1) is 13.6. The van der Waals surface area contributed by atoms with Crippen molar-refractivity contribution in [2.75, 3.05) is 13.2 Å². The molecule has 1 aromatic heterocycles. The molecular weight excluding hydrogens is 232 g/mol. The predicted octanol–water partition coefficient (Wildman–Crippen LogP) is 0.394. The van der Waals surface area contributed by atoms with E-state index in [1.807, 2.05) is 0 Å². The van der Waals surface area contributed by atoms with E-state index < -0.39 is 25.0 Å². The summed E-state index contributed by atoms with van der Waals surface area (Å²) in [7, 11) is 1.67. The van der Waals surface area contributed by atoms with Gasteiger partial charge in [0.15, 0.2) is 0 Å². The summed E-state index contributed by atoms with van der Waals surface area (Å²) in [5, 5.41) is 14.5. The van der Waals surface area contributed by atoms with Gasteiger partial charge in [-0.15, -0.1) is 0 Å². The normalized spacial score (nSPS) is 11.6. The Morgan fingerprint density at radius 3 is 2.53 bits per heavy atom. The minimum Gasteiger partial charge on any atom is -0.390 e. The Bertz CT molecular complexity index is 429. The second-order valence-electron chi connectivity index (χ2n) is 3.87. The van der Waals surface area contributed by atoms with Crippen LogP contribution in [0.1, 0.15) is 21.7 Å². The van der Waals surface area contributed by atoms with Gasteiger partial charge in [-0.1, -0.05) is 0 Å². The molecule has 0 aromatic carbocycles. The molecule has 0 aliphatic carbocycles. The Balaban J connectivity index is 2.78. The van der Waals surface area contributed by atoms with Crippen LogP contribution in [0.4, 0.5) is 8.78 Å². The highest BCUT2D eigenvalue weighted by Crippen LogP contribution is 2.13. The highest BCUT2D eigenvalue weighted by atomic mass is 19.3. The molecule has 0 saturated carbocycles. The molecule has 1 amide bonds. The fourth-order valence-electron chi connectivity index (χ4n) is 1.46. The average molecular weight is 247 g/mol.